The van der Waals surface area contributed by atoms with Gasteiger partial charge in [0.05, 0.1) is 5.69 Å². The Morgan fingerprint density at radius 1 is 1.37 bits per heavy atom. The van der Waals surface area contributed by atoms with Crippen LogP contribution in [0.15, 0.2) is 29.6 Å². The lowest BCUT2D eigenvalue weighted by Gasteiger charge is -2.18. The van der Waals surface area contributed by atoms with Crippen LogP contribution in [0.4, 0.5) is 10.8 Å². The van der Waals surface area contributed by atoms with E-state index in [2.05, 4.69) is 67.7 Å². The summed E-state index contributed by atoms with van der Waals surface area (Å²) in [4.78, 5) is 6.88. The predicted molar refractivity (Wildman–Crippen MR) is 83.4 cm³/mol. The van der Waals surface area contributed by atoms with Gasteiger partial charge in [-0.1, -0.05) is 25.1 Å². The molecule has 3 nitrogen and oxygen atoms in total. The third-order valence-corrected chi connectivity index (χ3v) is 4.16. The first-order valence-corrected chi connectivity index (χ1v) is 7.49. The van der Waals surface area contributed by atoms with Crippen molar-refractivity contribution in [2.45, 2.75) is 26.8 Å². The van der Waals surface area contributed by atoms with Crippen molar-refractivity contribution >= 4 is 22.2 Å². The number of para-hydroxylation sites is 1. The zero-order valence-electron chi connectivity index (χ0n) is 12.0. The Kier molecular flexibility index (Phi) is 4.56. The minimum atomic E-state index is 0.306. The fraction of sp³-hybridized carbons (Fsp3) is 0.400. The number of hydrogen-bond donors (Lipinski definition) is 1. The zero-order valence-corrected chi connectivity index (χ0v) is 12.8. The quantitative estimate of drug-likeness (QED) is 0.897. The molecule has 102 valence electrons. The molecule has 0 aliphatic rings. The van der Waals surface area contributed by atoms with Crippen LogP contribution in [0.2, 0.25) is 0 Å². The molecule has 19 heavy (non-hydrogen) atoms. The average Bonchev–Trinajstić information content (AvgIpc) is 2.88. The summed E-state index contributed by atoms with van der Waals surface area (Å²) < 4.78 is 0. The molecule has 0 spiro atoms. The lowest BCUT2D eigenvalue weighted by molar-refractivity contribution is 0.586. The second-order valence-corrected chi connectivity index (χ2v) is 5.52. The van der Waals surface area contributed by atoms with Gasteiger partial charge in [0.15, 0.2) is 5.13 Å². The van der Waals surface area contributed by atoms with Gasteiger partial charge in [0.2, 0.25) is 0 Å². The van der Waals surface area contributed by atoms with Gasteiger partial charge < -0.3 is 10.2 Å². The molecule has 1 N–H and O–H groups in total. The average molecular weight is 275 g/mol. The molecule has 4 heteroatoms. The van der Waals surface area contributed by atoms with E-state index in [0.29, 0.717) is 6.04 Å². The molecule has 0 amide bonds. The van der Waals surface area contributed by atoms with E-state index in [9.17, 15) is 0 Å². The van der Waals surface area contributed by atoms with Crippen molar-refractivity contribution in [1.82, 2.24) is 10.3 Å². The summed E-state index contributed by atoms with van der Waals surface area (Å²) in [5, 5.41) is 6.56. The highest BCUT2D eigenvalue weighted by Gasteiger charge is 2.13. The molecule has 0 saturated heterocycles. The Morgan fingerprint density at radius 3 is 2.79 bits per heavy atom. The van der Waals surface area contributed by atoms with Crippen molar-refractivity contribution in [1.29, 1.82) is 0 Å². The minimum Gasteiger partial charge on any atom is -0.321 e. The number of anilines is 2. The summed E-state index contributed by atoms with van der Waals surface area (Å²) in [5.74, 6) is 0. The van der Waals surface area contributed by atoms with Crippen molar-refractivity contribution in [3.63, 3.8) is 0 Å². The highest BCUT2D eigenvalue weighted by molar-refractivity contribution is 7.13. The third kappa shape index (κ3) is 3.14. The van der Waals surface area contributed by atoms with E-state index in [-0.39, 0.29) is 0 Å². The Balaban J connectivity index is 2.21. The van der Waals surface area contributed by atoms with Gasteiger partial charge in [-0.15, -0.1) is 11.3 Å². The number of benzene rings is 1. The minimum absolute atomic E-state index is 0.306. The molecule has 0 aliphatic heterocycles. The largest absolute Gasteiger partial charge is 0.321 e. The summed E-state index contributed by atoms with van der Waals surface area (Å²) in [6.45, 7) is 7.35. The molecule has 0 radical (unpaired) electrons. The monoisotopic (exact) mass is 275 g/mol. The number of aryl methyl sites for hydroxylation is 1. The highest BCUT2D eigenvalue weighted by atomic mass is 32.1. The van der Waals surface area contributed by atoms with Crippen LogP contribution in [0.1, 0.15) is 31.1 Å². The van der Waals surface area contributed by atoms with Gasteiger partial charge in [0, 0.05) is 24.2 Å². The van der Waals surface area contributed by atoms with Gasteiger partial charge in [-0.3, -0.25) is 0 Å². The van der Waals surface area contributed by atoms with E-state index in [1.54, 1.807) is 11.3 Å². The van der Waals surface area contributed by atoms with Crippen LogP contribution < -0.4 is 10.2 Å². The molecule has 0 aliphatic carbocycles. The van der Waals surface area contributed by atoms with E-state index < -0.39 is 0 Å². The maximum absolute atomic E-state index is 4.73. The molecule has 1 aromatic carbocycles. The number of nitrogens with one attached hydrogen (secondary N) is 1. The first kappa shape index (κ1) is 14.0. The van der Waals surface area contributed by atoms with Gasteiger partial charge >= 0.3 is 0 Å². The SMILES string of the molecule is CCNC(C)c1csc(N(C)c2ccccc2C)n1. The Bertz CT molecular complexity index is 536. The van der Waals surface area contributed by atoms with Crippen molar-refractivity contribution in [3.05, 3.63) is 40.9 Å². The summed E-state index contributed by atoms with van der Waals surface area (Å²) in [6, 6.07) is 8.69. The van der Waals surface area contributed by atoms with E-state index in [1.807, 2.05) is 0 Å². The molecule has 1 heterocycles. The van der Waals surface area contributed by atoms with E-state index >= 15 is 0 Å². The van der Waals surface area contributed by atoms with Gasteiger partial charge in [0.25, 0.3) is 0 Å². The molecule has 0 fully saturated rings. The topological polar surface area (TPSA) is 28.2 Å². The van der Waals surface area contributed by atoms with Crippen LogP contribution in [0.25, 0.3) is 0 Å². The molecule has 2 rings (SSSR count). The van der Waals surface area contributed by atoms with Crippen molar-refractivity contribution in [2.24, 2.45) is 0 Å². The molecule has 1 unspecified atom stereocenters. The van der Waals surface area contributed by atoms with Gasteiger partial charge in [0.1, 0.15) is 0 Å². The summed E-state index contributed by atoms with van der Waals surface area (Å²) in [7, 11) is 2.07. The first-order valence-electron chi connectivity index (χ1n) is 6.61. The van der Waals surface area contributed by atoms with Crippen LogP contribution in [-0.4, -0.2) is 18.6 Å². The number of hydrogen-bond acceptors (Lipinski definition) is 4. The maximum atomic E-state index is 4.73. The lowest BCUT2D eigenvalue weighted by Crippen LogP contribution is -2.18. The van der Waals surface area contributed by atoms with Crippen LogP contribution in [0.3, 0.4) is 0 Å². The Morgan fingerprint density at radius 2 is 2.11 bits per heavy atom. The van der Waals surface area contributed by atoms with Crippen molar-refractivity contribution < 1.29 is 0 Å². The molecule has 2 aromatic rings. The summed E-state index contributed by atoms with van der Waals surface area (Å²) >= 11 is 1.69. The Hall–Kier alpha value is -1.39. The normalized spacial score (nSPS) is 12.4. The summed E-state index contributed by atoms with van der Waals surface area (Å²) in [5.41, 5.74) is 3.59. The highest BCUT2D eigenvalue weighted by Crippen LogP contribution is 2.30. The third-order valence-electron chi connectivity index (χ3n) is 3.23. The number of rotatable bonds is 5. The summed E-state index contributed by atoms with van der Waals surface area (Å²) in [6.07, 6.45) is 0. The lowest BCUT2D eigenvalue weighted by atomic mass is 10.2. The Labute approximate surface area is 119 Å². The van der Waals surface area contributed by atoms with Crippen LogP contribution >= 0.6 is 11.3 Å². The molecule has 1 atom stereocenters. The van der Waals surface area contributed by atoms with E-state index in [1.165, 1.54) is 11.3 Å². The van der Waals surface area contributed by atoms with Crippen LogP contribution in [0.5, 0.6) is 0 Å². The second-order valence-electron chi connectivity index (χ2n) is 4.68. The zero-order chi connectivity index (χ0) is 13.8. The molecular weight excluding hydrogens is 254 g/mol. The first-order chi connectivity index (χ1) is 9.13. The standard InChI is InChI=1S/C15H21N3S/c1-5-16-12(3)13-10-19-15(17-13)18(4)14-9-7-6-8-11(14)2/h6-10,12,16H,5H2,1-4H3. The second kappa shape index (κ2) is 6.17. The predicted octanol–water partition coefficient (Wildman–Crippen LogP) is 3.89. The van der Waals surface area contributed by atoms with E-state index in [0.717, 1.165) is 17.4 Å². The molecular formula is C15H21N3S. The van der Waals surface area contributed by atoms with Gasteiger partial charge in [-0.2, -0.15) is 0 Å². The van der Waals surface area contributed by atoms with Crippen LogP contribution in [0, 0.1) is 6.92 Å². The van der Waals surface area contributed by atoms with Crippen molar-refractivity contribution in [3.8, 4) is 0 Å². The molecule has 0 saturated carbocycles. The van der Waals surface area contributed by atoms with Crippen molar-refractivity contribution in [2.75, 3.05) is 18.5 Å². The maximum Gasteiger partial charge on any atom is 0.189 e. The van der Waals surface area contributed by atoms with Gasteiger partial charge in [-0.25, -0.2) is 4.98 Å². The molecule has 0 bridgehead atoms. The number of thiazole rings is 1. The van der Waals surface area contributed by atoms with Crippen LogP contribution in [-0.2, 0) is 0 Å². The van der Waals surface area contributed by atoms with E-state index in [4.69, 9.17) is 4.98 Å². The van der Waals surface area contributed by atoms with Gasteiger partial charge in [-0.05, 0) is 32.0 Å². The number of aromatic nitrogens is 1. The number of nitrogens with zero attached hydrogens (tertiary/aromatic N) is 2. The fourth-order valence-corrected chi connectivity index (χ4v) is 2.98. The smallest absolute Gasteiger partial charge is 0.189 e. The molecule has 1 aromatic heterocycles. The fourth-order valence-electron chi connectivity index (χ4n) is 2.08.